The third-order valence-electron chi connectivity index (χ3n) is 4.73. The zero-order chi connectivity index (χ0) is 20.9. The molecule has 2 aromatic carbocycles. The van der Waals surface area contributed by atoms with Crippen molar-refractivity contribution in [2.24, 2.45) is 0 Å². The standard InChI is InChI=1S/C23H23N3O4/c1-16(30-19-10-6-3-7-11-19)23(28)29-15-22(27)24-21-14-20(17-12-13-17)25-26(21)18-8-4-2-5-9-18/h2-11,14,16-17H,12-13,15H2,1H3,(H,24,27). The molecule has 1 aliphatic rings. The monoisotopic (exact) mass is 405 g/mol. The number of hydrogen-bond donors (Lipinski definition) is 1. The molecule has 0 aliphatic heterocycles. The lowest BCUT2D eigenvalue weighted by molar-refractivity contribution is -0.153. The highest BCUT2D eigenvalue weighted by molar-refractivity contribution is 5.92. The van der Waals surface area contributed by atoms with Gasteiger partial charge in [0.1, 0.15) is 11.6 Å². The maximum absolute atomic E-state index is 12.4. The van der Waals surface area contributed by atoms with Crippen LogP contribution in [-0.2, 0) is 14.3 Å². The highest BCUT2D eigenvalue weighted by atomic mass is 16.6. The largest absolute Gasteiger partial charge is 0.479 e. The van der Waals surface area contributed by atoms with E-state index in [1.165, 1.54) is 0 Å². The van der Waals surface area contributed by atoms with Gasteiger partial charge in [-0.1, -0.05) is 36.4 Å². The zero-order valence-corrected chi connectivity index (χ0v) is 16.7. The third-order valence-corrected chi connectivity index (χ3v) is 4.73. The number of hydrogen-bond acceptors (Lipinski definition) is 5. The summed E-state index contributed by atoms with van der Waals surface area (Å²) in [4.78, 5) is 24.6. The molecule has 1 aromatic heterocycles. The molecule has 0 radical (unpaired) electrons. The fourth-order valence-corrected chi connectivity index (χ4v) is 3.02. The first kappa shape index (κ1) is 19.7. The SMILES string of the molecule is CC(Oc1ccccc1)C(=O)OCC(=O)Nc1cc(C2CC2)nn1-c1ccccc1. The van der Waals surface area contributed by atoms with Crippen LogP contribution in [0.2, 0.25) is 0 Å². The quantitative estimate of drug-likeness (QED) is 0.578. The van der Waals surface area contributed by atoms with Crippen LogP contribution >= 0.6 is 0 Å². The van der Waals surface area contributed by atoms with E-state index in [4.69, 9.17) is 9.47 Å². The minimum atomic E-state index is -0.823. The van der Waals surface area contributed by atoms with E-state index in [0.717, 1.165) is 24.2 Å². The van der Waals surface area contributed by atoms with Gasteiger partial charge in [0, 0.05) is 12.0 Å². The third kappa shape index (κ3) is 4.86. The predicted octanol–water partition coefficient (Wildman–Crippen LogP) is 3.70. The van der Waals surface area contributed by atoms with E-state index >= 15 is 0 Å². The molecule has 0 bridgehead atoms. The van der Waals surface area contributed by atoms with Crippen molar-refractivity contribution in [1.29, 1.82) is 0 Å². The number of carbonyl (C=O) groups is 2. The molecule has 7 heteroatoms. The van der Waals surface area contributed by atoms with Gasteiger partial charge in [0.25, 0.3) is 5.91 Å². The van der Waals surface area contributed by atoms with Gasteiger partial charge in [-0.2, -0.15) is 5.10 Å². The molecule has 154 valence electrons. The first-order valence-corrected chi connectivity index (χ1v) is 9.94. The van der Waals surface area contributed by atoms with Crippen LogP contribution in [-0.4, -0.2) is 34.4 Å². The molecule has 1 aliphatic carbocycles. The number of anilines is 1. The van der Waals surface area contributed by atoms with Gasteiger partial charge in [0.15, 0.2) is 12.7 Å². The highest BCUT2D eigenvalue weighted by Crippen LogP contribution is 2.40. The molecule has 0 spiro atoms. The molecule has 30 heavy (non-hydrogen) atoms. The second-order valence-corrected chi connectivity index (χ2v) is 7.21. The Labute approximate surface area is 174 Å². The molecule has 4 rings (SSSR count). The molecule has 1 heterocycles. The Hall–Kier alpha value is -3.61. The maximum Gasteiger partial charge on any atom is 0.347 e. The van der Waals surface area contributed by atoms with Gasteiger partial charge in [0.2, 0.25) is 0 Å². The van der Waals surface area contributed by atoms with Crippen LogP contribution in [0, 0.1) is 0 Å². The lowest BCUT2D eigenvalue weighted by atomic mass is 10.3. The zero-order valence-electron chi connectivity index (χ0n) is 16.7. The molecule has 1 fully saturated rings. The summed E-state index contributed by atoms with van der Waals surface area (Å²) in [5.41, 5.74) is 1.80. The van der Waals surface area contributed by atoms with E-state index in [-0.39, 0.29) is 0 Å². The average molecular weight is 405 g/mol. The number of para-hydroxylation sites is 2. The average Bonchev–Trinajstić information content (AvgIpc) is 3.54. The van der Waals surface area contributed by atoms with Crippen molar-refractivity contribution >= 4 is 17.7 Å². The normalized spacial score (nSPS) is 14.0. The summed E-state index contributed by atoms with van der Waals surface area (Å²) >= 11 is 0. The number of nitrogens with one attached hydrogen (secondary N) is 1. The second kappa shape index (κ2) is 8.82. The Morgan fingerprint density at radius 3 is 2.43 bits per heavy atom. The molecule has 7 nitrogen and oxygen atoms in total. The first-order chi connectivity index (χ1) is 14.6. The molecule has 1 unspecified atom stereocenters. The summed E-state index contributed by atoms with van der Waals surface area (Å²) in [6.45, 7) is 1.18. The Balaban J connectivity index is 1.36. The number of ether oxygens (including phenoxy) is 2. The number of nitrogens with zero attached hydrogens (tertiary/aromatic N) is 2. The molecule has 1 amide bonds. The smallest absolute Gasteiger partial charge is 0.347 e. The van der Waals surface area contributed by atoms with Gasteiger partial charge in [-0.3, -0.25) is 4.79 Å². The second-order valence-electron chi connectivity index (χ2n) is 7.21. The van der Waals surface area contributed by atoms with Crippen LogP contribution < -0.4 is 10.1 Å². The number of amides is 1. The van der Waals surface area contributed by atoms with Crippen molar-refractivity contribution in [1.82, 2.24) is 9.78 Å². The Morgan fingerprint density at radius 1 is 1.10 bits per heavy atom. The minimum absolute atomic E-state index is 0.403. The van der Waals surface area contributed by atoms with Gasteiger partial charge in [-0.15, -0.1) is 0 Å². The Morgan fingerprint density at radius 2 is 1.77 bits per heavy atom. The molecule has 1 atom stereocenters. The topological polar surface area (TPSA) is 82.4 Å². The molecule has 3 aromatic rings. The molecule has 1 N–H and O–H groups in total. The van der Waals surface area contributed by atoms with Crippen LogP contribution in [0.5, 0.6) is 5.75 Å². The molecule has 1 saturated carbocycles. The summed E-state index contributed by atoms with van der Waals surface area (Å²) < 4.78 is 12.3. The van der Waals surface area contributed by atoms with Gasteiger partial charge >= 0.3 is 5.97 Å². The van der Waals surface area contributed by atoms with Crippen LogP contribution in [0.4, 0.5) is 5.82 Å². The fourth-order valence-electron chi connectivity index (χ4n) is 3.02. The van der Waals surface area contributed by atoms with Crippen LogP contribution in [0.15, 0.2) is 66.7 Å². The highest BCUT2D eigenvalue weighted by Gasteiger charge is 2.28. The summed E-state index contributed by atoms with van der Waals surface area (Å²) in [6, 6.07) is 20.4. The van der Waals surface area contributed by atoms with Gasteiger partial charge in [0.05, 0.1) is 11.4 Å². The molecular formula is C23H23N3O4. The van der Waals surface area contributed by atoms with E-state index in [9.17, 15) is 9.59 Å². The number of carbonyl (C=O) groups excluding carboxylic acids is 2. The van der Waals surface area contributed by atoms with E-state index in [1.807, 2.05) is 54.6 Å². The van der Waals surface area contributed by atoms with Crippen molar-refractivity contribution in [3.05, 3.63) is 72.4 Å². The summed E-state index contributed by atoms with van der Waals surface area (Å²) in [6.07, 6.45) is 1.39. The van der Waals surface area contributed by atoms with Crippen LogP contribution in [0.1, 0.15) is 31.4 Å². The lowest BCUT2D eigenvalue weighted by Crippen LogP contribution is -2.30. The van der Waals surface area contributed by atoms with E-state index in [0.29, 0.717) is 17.5 Å². The summed E-state index contributed by atoms with van der Waals surface area (Å²) in [7, 11) is 0. The number of benzene rings is 2. The summed E-state index contributed by atoms with van der Waals surface area (Å²) in [5, 5.41) is 7.44. The van der Waals surface area contributed by atoms with Crippen LogP contribution in [0.25, 0.3) is 5.69 Å². The summed E-state index contributed by atoms with van der Waals surface area (Å²) in [5.74, 6) is 0.516. The Kier molecular flexibility index (Phi) is 5.79. The first-order valence-electron chi connectivity index (χ1n) is 9.94. The van der Waals surface area contributed by atoms with Gasteiger partial charge in [-0.25, -0.2) is 9.48 Å². The number of esters is 1. The van der Waals surface area contributed by atoms with Gasteiger partial charge < -0.3 is 14.8 Å². The van der Waals surface area contributed by atoms with Crippen LogP contribution in [0.3, 0.4) is 0 Å². The maximum atomic E-state index is 12.4. The Bertz CT molecular complexity index is 1010. The van der Waals surface area contributed by atoms with Gasteiger partial charge in [-0.05, 0) is 44.0 Å². The minimum Gasteiger partial charge on any atom is -0.479 e. The van der Waals surface area contributed by atoms with E-state index in [2.05, 4.69) is 10.4 Å². The van der Waals surface area contributed by atoms with Crippen molar-refractivity contribution in [2.75, 3.05) is 11.9 Å². The fraction of sp³-hybridized carbons (Fsp3) is 0.261. The van der Waals surface area contributed by atoms with E-state index in [1.54, 1.807) is 23.7 Å². The predicted molar refractivity (Wildman–Crippen MR) is 112 cm³/mol. The lowest BCUT2D eigenvalue weighted by Gasteiger charge is -2.14. The van der Waals surface area contributed by atoms with Crippen molar-refractivity contribution in [3.63, 3.8) is 0 Å². The van der Waals surface area contributed by atoms with Crippen molar-refractivity contribution < 1.29 is 19.1 Å². The van der Waals surface area contributed by atoms with E-state index < -0.39 is 24.6 Å². The number of rotatable bonds is 8. The molecule has 0 saturated heterocycles. The molecular weight excluding hydrogens is 382 g/mol. The van der Waals surface area contributed by atoms with Crippen molar-refractivity contribution in [2.45, 2.75) is 31.8 Å². The van der Waals surface area contributed by atoms with Crippen molar-refractivity contribution in [3.8, 4) is 11.4 Å². The number of aromatic nitrogens is 2.